The molecule has 8 heteroatoms. The molecule has 0 amide bonds. The van der Waals surface area contributed by atoms with Crippen molar-refractivity contribution >= 4 is 43.2 Å². The Kier molecular flexibility index (Phi) is 5.48. The van der Waals surface area contributed by atoms with E-state index >= 15 is 0 Å². The number of benzene rings is 1. The molecule has 21 heavy (non-hydrogen) atoms. The summed E-state index contributed by atoms with van der Waals surface area (Å²) in [5, 5.41) is 0. The van der Waals surface area contributed by atoms with Crippen molar-refractivity contribution in [1.82, 2.24) is 5.43 Å². The van der Waals surface area contributed by atoms with E-state index < -0.39 is 11.7 Å². The van der Waals surface area contributed by atoms with Crippen molar-refractivity contribution < 1.29 is 13.2 Å². The van der Waals surface area contributed by atoms with Crippen LogP contribution >= 0.6 is 43.2 Å². The molecule has 1 atom stereocenters. The van der Waals surface area contributed by atoms with Gasteiger partial charge in [-0.15, -0.1) is 11.3 Å². The highest BCUT2D eigenvalue weighted by atomic mass is 79.9. The minimum atomic E-state index is -4.34. The van der Waals surface area contributed by atoms with Crippen LogP contribution < -0.4 is 11.3 Å². The van der Waals surface area contributed by atoms with Crippen LogP contribution in [-0.2, 0) is 12.6 Å². The van der Waals surface area contributed by atoms with Crippen LogP contribution in [0.5, 0.6) is 0 Å². The van der Waals surface area contributed by atoms with Gasteiger partial charge in [0, 0.05) is 9.35 Å². The first-order valence-electron chi connectivity index (χ1n) is 5.88. The molecule has 2 rings (SSSR count). The van der Waals surface area contributed by atoms with E-state index in [1.807, 2.05) is 6.07 Å². The molecule has 0 aliphatic carbocycles. The van der Waals surface area contributed by atoms with Crippen LogP contribution in [0.4, 0.5) is 13.2 Å². The monoisotopic (exact) mass is 442 g/mol. The van der Waals surface area contributed by atoms with E-state index in [-0.39, 0.29) is 6.04 Å². The lowest BCUT2D eigenvalue weighted by molar-refractivity contribution is -0.137. The van der Waals surface area contributed by atoms with Crippen molar-refractivity contribution in [1.29, 1.82) is 0 Å². The lowest BCUT2D eigenvalue weighted by Crippen LogP contribution is -2.29. The molecular weight excluding hydrogens is 433 g/mol. The number of alkyl halides is 3. The molecule has 0 radical (unpaired) electrons. The highest BCUT2D eigenvalue weighted by molar-refractivity contribution is 9.13. The second-order valence-corrected chi connectivity index (χ2v) is 7.65. The minimum absolute atomic E-state index is 0.249. The van der Waals surface area contributed by atoms with E-state index in [1.54, 1.807) is 6.07 Å². The number of nitrogens with one attached hydrogen (secondary N) is 1. The van der Waals surface area contributed by atoms with Gasteiger partial charge < -0.3 is 0 Å². The average molecular weight is 444 g/mol. The van der Waals surface area contributed by atoms with Gasteiger partial charge in [0.1, 0.15) is 0 Å². The first kappa shape index (κ1) is 17.0. The zero-order valence-electron chi connectivity index (χ0n) is 10.5. The summed E-state index contributed by atoms with van der Waals surface area (Å²) >= 11 is 8.25. The Morgan fingerprint density at radius 1 is 1.24 bits per heavy atom. The van der Waals surface area contributed by atoms with Gasteiger partial charge in [-0.25, -0.2) is 0 Å². The fourth-order valence-corrected chi connectivity index (χ4v) is 4.04. The zero-order valence-corrected chi connectivity index (χ0v) is 14.5. The molecule has 1 heterocycles. The molecule has 1 unspecified atom stereocenters. The Hall–Kier alpha value is -0.410. The van der Waals surface area contributed by atoms with Gasteiger partial charge >= 0.3 is 6.18 Å². The van der Waals surface area contributed by atoms with Gasteiger partial charge in [0.2, 0.25) is 0 Å². The lowest BCUT2D eigenvalue weighted by atomic mass is 10.0. The largest absolute Gasteiger partial charge is 0.416 e. The molecule has 0 spiro atoms. The third-order valence-corrected chi connectivity index (χ3v) is 6.27. The average Bonchev–Trinajstić information content (AvgIpc) is 2.75. The van der Waals surface area contributed by atoms with E-state index in [0.29, 0.717) is 12.0 Å². The molecule has 1 aromatic carbocycles. The Morgan fingerprint density at radius 2 is 1.95 bits per heavy atom. The van der Waals surface area contributed by atoms with Crippen molar-refractivity contribution in [3.05, 3.63) is 54.6 Å². The maximum absolute atomic E-state index is 12.7. The van der Waals surface area contributed by atoms with Crippen molar-refractivity contribution in [2.45, 2.75) is 18.6 Å². The second kappa shape index (κ2) is 6.78. The van der Waals surface area contributed by atoms with Crippen LogP contribution in [0.2, 0.25) is 0 Å². The molecule has 0 saturated heterocycles. The number of hydrazine groups is 1. The molecule has 2 aromatic rings. The highest BCUT2D eigenvalue weighted by Crippen LogP contribution is 2.36. The Labute approximate surface area is 140 Å². The smallest absolute Gasteiger partial charge is 0.271 e. The summed E-state index contributed by atoms with van der Waals surface area (Å²) in [7, 11) is 0. The minimum Gasteiger partial charge on any atom is -0.271 e. The number of hydrogen-bond donors (Lipinski definition) is 2. The number of rotatable bonds is 4. The first-order chi connectivity index (χ1) is 9.81. The Bertz CT molecular complexity index is 609. The van der Waals surface area contributed by atoms with E-state index in [1.165, 1.54) is 17.4 Å². The van der Waals surface area contributed by atoms with Crippen molar-refractivity contribution in [3.8, 4) is 0 Å². The third kappa shape index (κ3) is 4.29. The SMILES string of the molecule is NNC(Cc1cccc(C(F)(F)F)c1)c1cc(Br)c(Br)s1. The number of halogens is 5. The van der Waals surface area contributed by atoms with E-state index in [4.69, 9.17) is 5.84 Å². The van der Waals surface area contributed by atoms with Gasteiger partial charge in [0.25, 0.3) is 0 Å². The fourth-order valence-electron chi connectivity index (χ4n) is 1.89. The van der Waals surface area contributed by atoms with E-state index in [0.717, 1.165) is 25.3 Å². The van der Waals surface area contributed by atoms with Crippen LogP contribution in [0, 0.1) is 0 Å². The molecule has 0 aliphatic heterocycles. The topological polar surface area (TPSA) is 38.0 Å². The Balaban J connectivity index is 2.23. The summed E-state index contributed by atoms with van der Waals surface area (Å²) in [6.07, 6.45) is -3.96. The second-order valence-electron chi connectivity index (χ2n) is 4.39. The molecule has 2 nitrogen and oxygen atoms in total. The van der Waals surface area contributed by atoms with Crippen molar-refractivity contribution in [2.75, 3.05) is 0 Å². The van der Waals surface area contributed by atoms with Crippen LogP contribution in [0.1, 0.15) is 22.0 Å². The summed E-state index contributed by atoms with van der Waals surface area (Å²) in [4.78, 5) is 0.939. The molecular formula is C13H11Br2F3N2S. The predicted molar refractivity (Wildman–Crippen MR) is 84.9 cm³/mol. The Morgan fingerprint density at radius 3 is 2.48 bits per heavy atom. The molecule has 0 fully saturated rings. The molecule has 1 aromatic heterocycles. The van der Waals surface area contributed by atoms with Crippen LogP contribution in [0.15, 0.2) is 38.6 Å². The zero-order chi connectivity index (χ0) is 15.6. The van der Waals surface area contributed by atoms with Gasteiger partial charge in [-0.1, -0.05) is 18.2 Å². The van der Waals surface area contributed by atoms with E-state index in [9.17, 15) is 13.2 Å². The van der Waals surface area contributed by atoms with Crippen LogP contribution in [0.3, 0.4) is 0 Å². The molecule has 0 bridgehead atoms. The van der Waals surface area contributed by atoms with E-state index in [2.05, 4.69) is 37.3 Å². The summed E-state index contributed by atoms with van der Waals surface area (Å²) in [5.41, 5.74) is 2.58. The summed E-state index contributed by atoms with van der Waals surface area (Å²) in [5.74, 6) is 5.54. The van der Waals surface area contributed by atoms with Gasteiger partial charge in [-0.05, 0) is 56.0 Å². The number of thiophene rings is 1. The van der Waals surface area contributed by atoms with Gasteiger partial charge in [0.15, 0.2) is 0 Å². The van der Waals surface area contributed by atoms with Crippen LogP contribution in [0.25, 0.3) is 0 Å². The maximum atomic E-state index is 12.7. The van der Waals surface area contributed by atoms with Crippen LogP contribution in [-0.4, -0.2) is 0 Å². The predicted octanol–water partition coefficient (Wildman–Crippen LogP) is 5.04. The third-order valence-electron chi connectivity index (χ3n) is 2.90. The quantitative estimate of drug-likeness (QED) is 0.513. The first-order valence-corrected chi connectivity index (χ1v) is 8.28. The van der Waals surface area contributed by atoms with Crippen molar-refractivity contribution in [2.24, 2.45) is 5.84 Å². The standard InChI is InChI=1S/C13H11Br2F3N2S/c14-9-6-11(21-12(9)15)10(20-19)5-7-2-1-3-8(4-7)13(16,17)18/h1-4,6,10,20H,5,19H2. The molecule has 3 N–H and O–H groups in total. The van der Waals surface area contributed by atoms with Gasteiger partial charge in [-0.3, -0.25) is 11.3 Å². The van der Waals surface area contributed by atoms with Gasteiger partial charge in [0.05, 0.1) is 15.4 Å². The maximum Gasteiger partial charge on any atom is 0.416 e. The van der Waals surface area contributed by atoms with Crippen molar-refractivity contribution in [3.63, 3.8) is 0 Å². The van der Waals surface area contributed by atoms with Gasteiger partial charge in [-0.2, -0.15) is 13.2 Å². The molecule has 114 valence electrons. The molecule has 0 saturated carbocycles. The summed E-state index contributed by atoms with van der Waals surface area (Å²) in [6.45, 7) is 0. The molecule has 0 aliphatic rings. The number of hydrogen-bond acceptors (Lipinski definition) is 3. The number of nitrogens with two attached hydrogens (primary N) is 1. The highest BCUT2D eigenvalue weighted by Gasteiger charge is 2.30. The fraction of sp³-hybridized carbons (Fsp3) is 0.231. The normalized spacial score (nSPS) is 13.4. The summed E-state index contributed by atoms with van der Waals surface area (Å²) < 4.78 is 40.0. The summed E-state index contributed by atoms with van der Waals surface area (Å²) in [6, 6.07) is 6.94. The lowest BCUT2D eigenvalue weighted by Gasteiger charge is -2.15.